The molecule has 1 nitrogen and oxygen atoms in total. The molecule has 0 spiro atoms. The lowest BCUT2D eigenvalue weighted by Gasteiger charge is -2.33. The van der Waals surface area contributed by atoms with Crippen molar-refractivity contribution in [1.82, 2.24) is 5.32 Å². The molecule has 0 bridgehead atoms. The van der Waals surface area contributed by atoms with Crippen molar-refractivity contribution in [2.24, 2.45) is 0 Å². The Labute approximate surface area is 137 Å². The minimum atomic E-state index is 0.554. The summed E-state index contributed by atoms with van der Waals surface area (Å²) in [5.74, 6) is 1.14. The third-order valence-corrected chi connectivity index (χ3v) is 5.96. The van der Waals surface area contributed by atoms with Crippen LogP contribution in [0.1, 0.15) is 29.4 Å². The Morgan fingerprint density at radius 3 is 2.40 bits per heavy atom. The molecule has 2 aromatic carbocycles. The van der Waals surface area contributed by atoms with Gasteiger partial charge in [-0.1, -0.05) is 36.4 Å². The van der Waals surface area contributed by atoms with E-state index in [-0.39, 0.29) is 0 Å². The van der Waals surface area contributed by atoms with Crippen LogP contribution >= 0.6 is 31.9 Å². The molecule has 1 N–H and O–H groups in total. The summed E-state index contributed by atoms with van der Waals surface area (Å²) in [6.45, 7) is 2.16. The second-order valence-corrected chi connectivity index (χ2v) is 7.00. The van der Waals surface area contributed by atoms with Gasteiger partial charge in [-0.25, -0.2) is 0 Å². The highest BCUT2D eigenvalue weighted by atomic mass is 79.9. The summed E-state index contributed by atoms with van der Waals surface area (Å²) in [4.78, 5) is 0. The predicted octanol–water partition coefficient (Wildman–Crippen LogP) is 5.07. The van der Waals surface area contributed by atoms with E-state index in [1.807, 2.05) is 0 Å². The summed E-state index contributed by atoms with van der Waals surface area (Å²) >= 11 is 7.18. The van der Waals surface area contributed by atoms with Crippen molar-refractivity contribution in [2.75, 3.05) is 13.1 Å². The molecule has 2 unspecified atom stereocenters. The van der Waals surface area contributed by atoms with E-state index in [1.165, 1.54) is 17.5 Å². The van der Waals surface area contributed by atoms with Crippen molar-refractivity contribution in [2.45, 2.75) is 18.3 Å². The molecule has 3 heteroatoms. The highest BCUT2D eigenvalue weighted by Gasteiger charge is 2.27. The number of benzene rings is 2. The van der Waals surface area contributed by atoms with Crippen LogP contribution in [0.4, 0.5) is 0 Å². The highest BCUT2D eigenvalue weighted by Crippen LogP contribution is 2.39. The zero-order valence-corrected chi connectivity index (χ0v) is 14.3. The van der Waals surface area contributed by atoms with Gasteiger partial charge in [0.25, 0.3) is 0 Å². The van der Waals surface area contributed by atoms with Crippen LogP contribution in [0.15, 0.2) is 57.5 Å². The smallest absolute Gasteiger partial charge is 0.0320 e. The SMILES string of the molecule is Brc1ccc(C2CCNCC2c2ccccc2)cc1Br. The first-order chi connectivity index (χ1) is 9.75. The molecule has 1 aliphatic rings. The third-order valence-electron chi connectivity index (χ3n) is 4.08. The molecular formula is C17H17Br2N. The lowest BCUT2D eigenvalue weighted by molar-refractivity contribution is 0.404. The fraction of sp³-hybridized carbons (Fsp3) is 0.294. The fourth-order valence-corrected chi connectivity index (χ4v) is 3.69. The maximum Gasteiger partial charge on any atom is 0.0320 e. The van der Waals surface area contributed by atoms with Crippen LogP contribution in [0.3, 0.4) is 0 Å². The normalized spacial score (nSPS) is 22.7. The molecule has 0 saturated carbocycles. The van der Waals surface area contributed by atoms with Gasteiger partial charge in [-0.05, 0) is 74.0 Å². The number of hydrogen-bond donors (Lipinski definition) is 1. The Morgan fingerprint density at radius 2 is 1.65 bits per heavy atom. The topological polar surface area (TPSA) is 12.0 Å². The maximum atomic E-state index is 3.63. The lowest BCUT2D eigenvalue weighted by Crippen LogP contribution is -2.34. The Morgan fingerprint density at radius 1 is 0.850 bits per heavy atom. The van der Waals surface area contributed by atoms with Crippen molar-refractivity contribution in [1.29, 1.82) is 0 Å². The molecule has 2 atom stereocenters. The average Bonchev–Trinajstić information content (AvgIpc) is 2.51. The van der Waals surface area contributed by atoms with Gasteiger partial charge in [0.1, 0.15) is 0 Å². The summed E-state index contributed by atoms with van der Waals surface area (Å²) in [6, 6.07) is 17.5. The molecule has 3 rings (SSSR count). The maximum absolute atomic E-state index is 3.63. The largest absolute Gasteiger partial charge is 0.316 e. The van der Waals surface area contributed by atoms with Gasteiger partial charge < -0.3 is 5.32 Å². The highest BCUT2D eigenvalue weighted by molar-refractivity contribution is 9.13. The summed E-state index contributed by atoms with van der Waals surface area (Å²) in [5.41, 5.74) is 2.86. The zero-order valence-electron chi connectivity index (χ0n) is 11.2. The van der Waals surface area contributed by atoms with Gasteiger partial charge in [-0.3, -0.25) is 0 Å². The number of halogens is 2. The van der Waals surface area contributed by atoms with E-state index in [2.05, 4.69) is 85.7 Å². The van der Waals surface area contributed by atoms with Gasteiger partial charge in [-0.15, -0.1) is 0 Å². The lowest BCUT2D eigenvalue weighted by atomic mass is 9.77. The van der Waals surface area contributed by atoms with Crippen molar-refractivity contribution in [3.63, 3.8) is 0 Å². The second-order valence-electron chi connectivity index (χ2n) is 5.29. The van der Waals surface area contributed by atoms with Crippen LogP contribution in [0, 0.1) is 0 Å². The van der Waals surface area contributed by atoms with Gasteiger partial charge in [0, 0.05) is 21.4 Å². The Balaban J connectivity index is 1.94. The van der Waals surface area contributed by atoms with Crippen LogP contribution in [-0.2, 0) is 0 Å². The molecule has 1 fully saturated rings. The summed E-state index contributed by atoms with van der Waals surface area (Å²) in [5, 5.41) is 3.54. The quantitative estimate of drug-likeness (QED) is 0.749. The van der Waals surface area contributed by atoms with Crippen molar-refractivity contribution in [3.8, 4) is 0 Å². The molecule has 2 aromatic rings. The number of rotatable bonds is 2. The predicted molar refractivity (Wildman–Crippen MR) is 91.3 cm³/mol. The molecule has 1 saturated heterocycles. The van der Waals surface area contributed by atoms with E-state index in [0.717, 1.165) is 22.0 Å². The molecule has 104 valence electrons. The summed E-state index contributed by atoms with van der Waals surface area (Å²) < 4.78 is 2.26. The minimum absolute atomic E-state index is 0.554. The number of hydrogen-bond acceptors (Lipinski definition) is 1. The first kappa shape index (κ1) is 14.3. The van der Waals surface area contributed by atoms with Gasteiger partial charge >= 0.3 is 0 Å². The van der Waals surface area contributed by atoms with Gasteiger partial charge in [-0.2, -0.15) is 0 Å². The molecule has 0 aromatic heterocycles. The van der Waals surface area contributed by atoms with Crippen molar-refractivity contribution >= 4 is 31.9 Å². The first-order valence-electron chi connectivity index (χ1n) is 6.96. The van der Waals surface area contributed by atoms with Crippen molar-refractivity contribution in [3.05, 3.63) is 68.6 Å². The standard InChI is InChI=1S/C17H17Br2N/c18-16-7-6-13(10-17(16)19)14-8-9-20-11-15(14)12-4-2-1-3-5-12/h1-7,10,14-15,20H,8-9,11H2. The van der Waals surface area contributed by atoms with Gasteiger partial charge in [0.2, 0.25) is 0 Å². The average molecular weight is 395 g/mol. The molecule has 1 heterocycles. The van der Waals surface area contributed by atoms with Gasteiger partial charge in [0.15, 0.2) is 0 Å². The molecule has 0 radical (unpaired) electrons. The fourth-order valence-electron chi connectivity index (χ4n) is 3.05. The van der Waals surface area contributed by atoms with E-state index in [9.17, 15) is 0 Å². The van der Waals surface area contributed by atoms with E-state index in [4.69, 9.17) is 0 Å². The van der Waals surface area contributed by atoms with E-state index in [1.54, 1.807) is 0 Å². The molecular weight excluding hydrogens is 378 g/mol. The number of piperidine rings is 1. The monoisotopic (exact) mass is 393 g/mol. The van der Waals surface area contributed by atoms with Gasteiger partial charge in [0.05, 0.1) is 0 Å². The Bertz CT molecular complexity index is 583. The molecule has 20 heavy (non-hydrogen) atoms. The molecule has 0 amide bonds. The van der Waals surface area contributed by atoms with E-state index in [0.29, 0.717) is 11.8 Å². The third kappa shape index (κ3) is 3.00. The first-order valence-corrected chi connectivity index (χ1v) is 8.55. The number of nitrogens with one attached hydrogen (secondary N) is 1. The van der Waals surface area contributed by atoms with Crippen LogP contribution in [0.2, 0.25) is 0 Å². The van der Waals surface area contributed by atoms with Crippen LogP contribution in [-0.4, -0.2) is 13.1 Å². The minimum Gasteiger partial charge on any atom is -0.316 e. The van der Waals surface area contributed by atoms with E-state index >= 15 is 0 Å². The molecule has 1 aliphatic heterocycles. The van der Waals surface area contributed by atoms with Crippen LogP contribution in [0.25, 0.3) is 0 Å². The van der Waals surface area contributed by atoms with Crippen molar-refractivity contribution < 1.29 is 0 Å². The summed E-state index contributed by atoms with van der Waals surface area (Å²) in [7, 11) is 0. The van der Waals surface area contributed by atoms with Crippen LogP contribution in [0.5, 0.6) is 0 Å². The summed E-state index contributed by atoms with van der Waals surface area (Å²) in [6.07, 6.45) is 1.19. The molecule has 0 aliphatic carbocycles. The second kappa shape index (κ2) is 6.42. The Hall–Kier alpha value is -0.640. The Kier molecular flexibility index (Phi) is 4.59. The van der Waals surface area contributed by atoms with Crippen LogP contribution < -0.4 is 5.32 Å². The van der Waals surface area contributed by atoms with E-state index < -0.39 is 0 Å². The zero-order chi connectivity index (χ0) is 13.9.